The molecular weight excluding hydrogens is 368 g/mol. The lowest BCUT2D eigenvalue weighted by atomic mass is 10.1. The summed E-state index contributed by atoms with van der Waals surface area (Å²) in [7, 11) is 0. The molecule has 8 heteroatoms. The van der Waals surface area contributed by atoms with Gasteiger partial charge in [-0.05, 0) is 24.6 Å². The van der Waals surface area contributed by atoms with Crippen LogP contribution in [0.4, 0.5) is 11.6 Å². The zero-order chi connectivity index (χ0) is 18.8. The highest BCUT2D eigenvalue weighted by Gasteiger charge is 2.26. The van der Waals surface area contributed by atoms with E-state index in [2.05, 4.69) is 17.0 Å². The van der Waals surface area contributed by atoms with Crippen LogP contribution in [0.25, 0.3) is 0 Å². The van der Waals surface area contributed by atoms with Crippen molar-refractivity contribution < 1.29 is 14.1 Å². The molecule has 2 saturated heterocycles. The van der Waals surface area contributed by atoms with Crippen LogP contribution in [0, 0.1) is 6.92 Å². The Balaban J connectivity index is 1.38. The van der Waals surface area contributed by atoms with Gasteiger partial charge in [0.05, 0.1) is 13.2 Å². The van der Waals surface area contributed by atoms with Crippen molar-refractivity contribution in [1.29, 1.82) is 0 Å². The number of piperazine rings is 1. The number of aryl methyl sites for hydroxylation is 1. The number of morpholine rings is 1. The number of amides is 1. The van der Waals surface area contributed by atoms with Gasteiger partial charge in [-0.25, -0.2) is 0 Å². The predicted octanol–water partition coefficient (Wildman–Crippen LogP) is 2.44. The summed E-state index contributed by atoms with van der Waals surface area (Å²) in [6.07, 6.45) is 0. The fraction of sp³-hybridized carbons (Fsp3) is 0.474. The quantitative estimate of drug-likeness (QED) is 0.802. The van der Waals surface area contributed by atoms with Gasteiger partial charge >= 0.3 is 0 Å². The summed E-state index contributed by atoms with van der Waals surface area (Å²) in [5, 5.41) is 4.72. The van der Waals surface area contributed by atoms with E-state index in [4.69, 9.17) is 20.9 Å². The van der Waals surface area contributed by atoms with Crippen LogP contribution in [0.2, 0.25) is 5.02 Å². The lowest BCUT2D eigenvalue weighted by molar-refractivity contribution is 0.0736. The number of hydrogen-bond donors (Lipinski definition) is 0. The monoisotopic (exact) mass is 390 g/mol. The molecule has 0 unspecified atom stereocenters. The number of nitrogens with zero attached hydrogens (tertiary/aromatic N) is 4. The molecule has 0 saturated carbocycles. The molecule has 2 fully saturated rings. The Kier molecular flexibility index (Phi) is 5.22. The van der Waals surface area contributed by atoms with E-state index in [1.165, 1.54) is 5.56 Å². The van der Waals surface area contributed by atoms with Crippen LogP contribution in [0.1, 0.15) is 16.1 Å². The van der Waals surface area contributed by atoms with E-state index in [0.717, 1.165) is 36.9 Å². The molecule has 0 bridgehead atoms. The molecule has 1 aromatic heterocycles. The lowest BCUT2D eigenvalue weighted by Gasteiger charge is -2.36. The second-order valence-electron chi connectivity index (χ2n) is 6.86. The number of halogens is 1. The molecule has 27 heavy (non-hydrogen) atoms. The predicted molar refractivity (Wildman–Crippen MR) is 104 cm³/mol. The maximum absolute atomic E-state index is 12.8. The molecule has 4 rings (SSSR count). The molecule has 2 aliphatic heterocycles. The summed E-state index contributed by atoms with van der Waals surface area (Å²) < 4.78 is 10.7. The van der Waals surface area contributed by atoms with Crippen LogP contribution in [-0.2, 0) is 4.74 Å². The molecule has 2 aliphatic rings. The summed E-state index contributed by atoms with van der Waals surface area (Å²) in [5.41, 5.74) is 2.68. The molecule has 0 aliphatic carbocycles. The Morgan fingerprint density at radius 2 is 1.78 bits per heavy atom. The minimum absolute atomic E-state index is 0.0827. The summed E-state index contributed by atoms with van der Waals surface area (Å²) in [5.74, 6) is 0.551. The first kappa shape index (κ1) is 18.1. The molecule has 0 radical (unpaired) electrons. The zero-order valence-electron chi connectivity index (χ0n) is 15.4. The minimum atomic E-state index is -0.0827. The van der Waals surface area contributed by atoms with Crippen molar-refractivity contribution in [1.82, 2.24) is 10.1 Å². The van der Waals surface area contributed by atoms with Crippen molar-refractivity contribution in [2.24, 2.45) is 0 Å². The second-order valence-corrected chi connectivity index (χ2v) is 7.30. The molecule has 0 spiro atoms. The first-order valence-corrected chi connectivity index (χ1v) is 9.59. The maximum Gasteiger partial charge on any atom is 0.276 e. The number of benzene rings is 1. The third kappa shape index (κ3) is 3.89. The Bertz CT molecular complexity index is 811. The van der Waals surface area contributed by atoms with Gasteiger partial charge in [0.2, 0.25) is 5.88 Å². The van der Waals surface area contributed by atoms with Crippen LogP contribution in [0.15, 0.2) is 28.8 Å². The van der Waals surface area contributed by atoms with Gasteiger partial charge < -0.3 is 24.0 Å². The smallest absolute Gasteiger partial charge is 0.276 e. The van der Waals surface area contributed by atoms with Crippen molar-refractivity contribution in [3.63, 3.8) is 0 Å². The van der Waals surface area contributed by atoms with Gasteiger partial charge in [0.25, 0.3) is 5.91 Å². The van der Waals surface area contributed by atoms with E-state index in [1.54, 1.807) is 6.07 Å². The van der Waals surface area contributed by atoms with Crippen molar-refractivity contribution in [2.75, 3.05) is 62.3 Å². The highest BCUT2D eigenvalue weighted by molar-refractivity contribution is 6.30. The van der Waals surface area contributed by atoms with Crippen LogP contribution in [0.3, 0.4) is 0 Å². The molecule has 3 heterocycles. The normalized spacial score (nSPS) is 18.1. The zero-order valence-corrected chi connectivity index (χ0v) is 16.1. The summed E-state index contributed by atoms with van der Waals surface area (Å²) >= 11 is 6.14. The van der Waals surface area contributed by atoms with E-state index >= 15 is 0 Å². The first-order valence-electron chi connectivity index (χ1n) is 9.21. The third-order valence-corrected chi connectivity index (χ3v) is 5.35. The van der Waals surface area contributed by atoms with Crippen LogP contribution < -0.4 is 9.80 Å². The third-order valence-electron chi connectivity index (χ3n) is 5.12. The van der Waals surface area contributed by atoms with Gasteiger partial charge in [-0.15, -0.1) is 0 Å². The fourth-order valence-corrected chi connectivity index (χ4v) is 3.70. The summed E-state index contributed by atoms with van der Waals surface area (Å²) in [6, 6.07) is 7.65. The SMILES string of the molecule is Cc1ccc(Cl)cc1N1CCN(C(=O)c2cc(N3CCOCC3)on2)CC1. The molecule has 0 atom stereocenters. The van der Waals surface area contributed by atoms with E-state index in [-0.39, 0.29) is 5.91 Å². The second kappa shape index (κ2) is 7.78. The standard InChI is InChI=1S/C19H23ClN4O3/c1-14-2-3-15(20)12-17(14)22-4-6-24(7-5-22)19(25)16-13-18(27-21-16)23-8-10-26-11-9-23/h2-3,12-13H,4-11H2,1H3. The van der Waals surface area contributed by atoms with Gasteiger partial charge in [-0.3, -0.25) is 4.79 Å². The number of hydrogen-bond acceptors (Lipinski definition) is 6. The van der Waals surface area contributed by atoms with Crippen molar-refractivity contribution in [3.8, 4) is 0 Å². The fourth-order valence-electron chi connectivity index (χ4n) is 3.53. The van der Waals surface area contributed by atoms with E-state index in [9.17, 15) is 4.79 Å². The molecule has 0 N–H and O–H groups in total. The van der Waals surface area contributed by atoms with Gasteiger partial charge in [0.1, 0.15) is 0 Å². The largest absolute Gasteiger partial charge is 0.378 e. The Labute approximate surface area is 163 Å². The van der Waals surface area contributed by atoms with Gasteiger partial charge in [-0.2, -0.15) is 0 Å². The Morgan fingerprint density at radius 3 is 2.52 bits per heavy atom. The number of carbonyl (C=O) groups excluding carboxylic acids is 1. The first-order chi connectivity index (χ1) is 13.1. The summed E-state index contributed by atoms with van der Waals surface area (Å²) in [6.45, 7) is 7.72. The molecule has 7 nitrogen and oxygen atoms in total. The molecular formula is C19H23ClN4O3. The highest BCUT2D eigenvalue weighted by Crippen LogP contribution is 2.26. The van der Waals surface area contributed by atoms with Crippen LogP contribution in [0.5, 0.6) is 0 Å². The molecule has 2 aromatic rings. The average Bonchev–Trinajstić information content (AvgIpc) is 3.20. The number of rotatable bonds is 3. The number of anilines is 2. The van der Waals surface area contributed by atoms with Gasteiger partial charge in [0.15, 0.2) is 5.69 Å². The van der Waals surface area contributed by atoms with Crippen LogP contribution >= 0.6 is 11.6 Å². The van der Waals surface area contributed by atoms with Crippen LogP contribution in [-0.4, -0.2) is 68.4 Å². The Hall–Kier alpha value is -2.25. The molecule has 144 valence electrons. The van der Waals surface area contributed by atoms with Crippen molar-refractivity contribution in [2.45, 2.75) is 6.92 Å². The highest BCUT2D eigenvalue weighted by atomic mass is 35.5. The molecule has 1 amide bonds. The van der Waals surface area contributed by atoms with Gasteiger partial charge in [-0.1, -0.05) is 22.8 Å². The lowest BCUT2D eigenvalue weighted by Crippen LogP contribution is -2.49. The van der Waals surface area contributed by atoms with Gasteiger partial charge in [0, 0.05) is 56.0 Å². The maximum atomic E-state index is 12.8. The van der Waals surface area contributed by atoms with Crippen molar-refractivity contribution in [3.05, 3.63) is 40.5 Å². The minimum Gasteiger partial charge on any atom is -0.378 e. The molecule has 1 aromatic carbocycles. The van der Waals surface area contributed by atoms with E-state index in [0.29, 0.717) is 37.9 Å². The summed E-state index contributed by atoms with van der Waals surface area (Å²) in [4.78, 5) is 18.9. The topological polar surface area (TPSA) is 62.0 Å². The average molecular weight is 391 g/mol. The number of ether oxygens (including phenoxy) is 1. The Morgan fingerprint density at radius 1 is 1.04 bits per heavy atom. The number of carbonyl (C=O) groups is 1. The van der Waals surface area contributed by atoms with E-state index < -0.39 is 0 Å². The number of aromatic nitrogens is 1. The van der Waals surface area contributed by atoms with Crippen molar-refractivity contribution >= 4 is 29.1 Å². The van der Waals surface area contributed by atoms with E-state index in [1.807, 2.05) is 28.0 Å².